The number of fused-ring (bicyclic) bond motifs is 1. The van der Waals surface area contributed by atoms with Crippen molar-refractivity contribution in [3.8, 4) is 18.1 Å². The van der Waals surface area contributed by atoms with Crippen molar-refractivity contribution in [2.75, 3.05) is 32.7 Å². The molecule has 3 aliphatic rings. The third-order valence-electron chi connectivity index (χ3n) is 7.62. The van der Waals surface area contributed by atoms with Crippen LogP contribution in [0.1, 0.15) is 56.1 Å². The van der Waals surface area contributed by atoms with E-state index in [1.807, 2.05) is 17.0 Å². The summed E-state index contributed by atoms with van der Waals surface area (Å²) in [5, 5.41) is 6.18. The highest BCUT2D eigenvalue weighted by atomic mass is 16.5. The van der Waals surface area contributed by atoms with Gasteiger partial charge in [-0.25, -0.2) is 0 Å². The first kappa shape index (κ1) is 25.2. The highest BCUT2D eigenvalue weighted by molar-refractivity contribution is 5.83. The molecule has 2 saturated heterocycles. The number of hydrogen-bond acceptors (Lipinski definition) is 5. The van der Waals surface area contributed by atoms with Gasteiger partial charge in [-0.2, -0.15) is 0 Å². The molecule has 0 unspecified atom stereocenters. The van der Waals surface area contributed by atoms with Crippen LogP contribution in [-0.2, 0) is 27.2 Å². The number of aryl methyl sites for hydroxylation is 2. The number of carbonyl (C=O) groups excluding carboxylic acids is 3. The molecule has 2 amide bonds. The second-order valence-corrected chi connectivity index (χ2v) is 10.1. The SMILES string of the molecule is C#C[C@@H](CNC(=O)[C@@H]1CCCN(C(=O)CCC2CCNCC2)C1)C(=O)Oc1ccc2c(c1)CCC2. The van der Waals surface area contributed by atoms with Gasteiger partial charge in [-0.15, -0.1) is 6.42 Å². The average Bonchev–Trinajstić information content (AvgIpc) is 3.36. The number of rotatable bonds is 8. The Labute approximate surface area is 208 Å². The van der Waals surface area contributed by atoms with Crippen LogP contribution in [0.2, 0.25) is 0 Å². The Bertz CT molecular complexity index is 963. The second kappa shape index (κ2) is 12.2. The normalized spacial score (nSPS) is 21.0. The Balaban J connectivity index is 1.22. The highest BCUT2D eigenvalue weighted by Gasteiger charge is 2.30. The molecule has 2 atom stereocenters. The smallest absolute Gasteiger partial charge is 0.328 e. The van der Waals surface area contributed by atoms with Gasteiger partial charge in [0.25, 0.3) is 0 Å². The summed E-state index contributed by atoms with van der Waals surface area (Å²) in [5.41, 5.74) is 2.52. The second-order valence-electron chi connectivity index (χ2n) is 10.1. The average molecular weight is 480 g/mol. The molecule has 0 radical (unpaired) electrons. The number of nitrogens with one attached hydrogen (secondary N) is 2. The molecule has 1 aliphatic carbocycles. The maximum Gasteiger partial charge on any atom is 0.328 e. The van der Waals surface area contributed by atoms with Gasteiger partial charge in [0.15, 0.2) is 0 Å². The first-order chi connectivity index (χ1) is 17.0. The molecule has 2 aliphatic heterocycles. The lowest BCUT2D eigenvalue weighted by Gasteiger charge is -2.33. The Morgan fingerprint density at radius 2 is 1.94 bits per heavy atom. The standard InChI is InChI=1S/C28H37N3O4/c1-2-21(28(34)35-25-10-9-22-5-3-6-23(22)17-25)18-30-27(33)24-7-4-16-31(19-24)26(32)11-8-20-12-14-29-15-13-20/h1,9-10,17,20-21,24,29H,3-8,11-16,18-19H2,(H,30,33)/t21-,24+/m0/s1. The summed E-state index contributed by atoms with van der Waals surface area (Å²) in [6.07, 6.45) is 14.0. The number of esters is 1. The van der Waals surface area contributed by atoms with Gasteiger partial charge in [-0.05, 0) is 93.6 Å². The lowest BCUT2D eigenvalue weighted by molar-refractivity contribution is -0.137. The van der Waals surface area contributed by atoms with E-state index >= 15 is 0 Å². The van der Waals surface area contributed by atoms with Crippen molar-refractivity contribution in [2.45, 2.75) is 57.8 Å². The monoisotopic (exact) mass is 479 g/mol. The zero-order chi connectivity index (χ0) is 24.6. The lowest BCUT2D eigenvalue weighted by Crippen LogP contribution is -2.46. The fraction of sp³-hybridized carbons (Fsp3) is 0.607. The van der Waals surface area contributed by atoms with Crippen LogP contribution in [0.15, 0.2) is 18.2 Å². The van der Waals surface area contributed by atoms with Crippen LogP contribution in [-0.4, -0.2) is 55.4 Å². The number of terminal acetylenes is 1. The minimum Gasteiger partial charge on any atom is -0.426 e. The summed E-state index contributed by atoms with van der Waals surface area (Å²) in [5.74, 6) is 1.85. The summed E-state index contributed by atoms with van der Waals surface area (Å²) in [4.78, 5) is 40.0. The molecule has 35 heavy (non-hydrogen) atoms. The first-order valence-corrected chi connectivity index (χ1v) is 13.1. The van der Waals surface area contributed by atoms with E-state index in [-0.39, 0.29) is 24.3 Å². The summed E-state index contributed by atoms with van der Waals surface area (Å²) in [6, 6.07) is 5.71. The molecule has 1 aromatic carbocycles. The third-order valence-corrected chi connectivity index (χ3v) is 7.62. The van der Waals surface area contributed by atoms with E-state index in [9.17, 15) is 14.4 Å². The zero-order valence-electron chi connectivity index (χ0n) is 20.5. The molecule has 7 nitrogen and oxygen atoms in total. The van der Waals surface area contributed by atoms with Gasteiger partial charge in [-0.1, -0.05) is 12.0 Å². The minimum absolute atomic E-state index is 0.0271. The molecule has 2 fully saturated rings. The van der Waals surface area contributed by atoms with Crippen molar-refractivity contribution >= 4 is 17.8 Å². The Kier molecular flexibility index (Phi) is 8.81. The summed E-state index contributed by atoms with van der Waals surface area (Å²) in [7, 11) is 0. The number of likely N-dealkylation sites (tertiary alicyclic amines) is 1. The quantitative estimate of drug-likeness (QED) is 0.340. The Morgan fingerprint density at radius 3 is 2.74 bits per heavy atom. The topological polar surface area (TPSA) is 87.7 Å². The number of piperidine rings is 2. The van der Waals surface area contributed by atoms with Gasteiger partial charge >= 0.3 is 5.97 Å². The van der Waals surface area contributed by atoms with Crippen molar-refractivity contribution in [3.63, 3.8) is 0 Å². The molecule has 2 N–H and O–H groups in total. The molecule has 188 valence electrons. The van der Waals surface area contributed by atoms with Gasteiger partial charge < -0.3 is 20.3 Å². The number of hydrogen-bond donors (Lipinski definition) is 2. The summed E-state index contributed by atoms with van der Waals surface area (Å²) in [6.45, 7) is 3.22. The molecular formula is C28H37N3O4. The van der Waals surface area contributed by atoms with Crippen molar-refractivity contribution in [2.24, 2.45) is 17.8 Å². The van der Waals surface area contributed by atoms with E-state index in [2.05, 4.69) is 16.6 Å². The predicted octanol–water partition coefficient (Wildman–Crippen LogP) is 2.46. The number of benzene rings is 1. The molecule has 0 bridgehead atoms. The number of amides is 2. The lowest BCUT2D eigenvalue weighted by atomic mass is 9.92. The van der Waals surface area contributed by atoms with E-state index in [4.69, 9.17) is 11.2 Å². The molecule has 2 heterocycles. The van der Waals surface area contributed by atoms with Gasteiger partial charge in [0.2, 0.25) is 11.8 Å². The van der Waals surface area contributed by atoms with Crippen molar-refractivity contribution in [3.05, 3.63) is 29.3 Å². The fourth-order valence-electron chi connectivity index (χ4n) is 5.43. The van der Waals surface area contributed by atoms with Gasteiger partial charge in [0, 0.05) is 26.1 Å². The van der Waals surface area contributed by atoms with Gasteiger partial charge in [-0.3, -0.25) is 14.4 Å². The van der Waals surface area contributed by atoms with Gasteiger partial charge in [0.05, 0.1) is 5.92 Å². The van der Waals surface area contributed by atoms with Crippen molar-refractivity contribution < 1.29 is 19.1 Å². The van der Waals surface area contributed by atoms with E-state index in [0.717, 1.165) is 64.5 Å². The Morgan fingerprint density at radius 1 is 1.14 bits per heavy atom. The van der Waals surface area contributed by atoms with E-state index < -0.39 is 11.9 Å². The first-order valence-electron chi connectivity index (χ1n) is 13.1. The van der Waals surface area contributed by atoms with Crippen LogP contribution in [0, 0.1) is 30.1 Å². The third kappa shape index (κ3) is 6.85. The highest BCUT2D eigenvalue weighted by Crippen LogP contribution is 2.26. The van der Waals surface area contributed by atoms with Crippen LogP contribution < -0.4 is 15.4 Å². The van der Waals surface area contributed by atoms with Crippen molar-refractivity contribution in [1.82, 2.24) is 15.5 Å². The fourth-order valence-corrected chi connectivity index (χ4v) is 5.43. The van der Waals surface area contributed by atoms with Crippen LogP contribution in [0.5, 0.6) is 5.75 Å². The predicted molar refractivity (Wildman–Crippen MR) is 134 cm³/mol. The number of ether oxygens (including phenoxy) is 1. The molecule has 1 aromatic rings. The Hall–Kier alpha value is -2.85. The van der Waals surface area contributed by atoms with Crippen LogP contribution in [0.3, 0.4) is 0 Å². The molecule has 7 heteroatoms. The van der Waals surface area contributed by atoms with E-state index in [1.54, 1.807) is 6.07 Å². The van der Waals surface area contributed by atoms with Crippen molar-refractivity contribution in [1.29, 1.82) is 0 Å². The van der Waals surface area contributed by atoms with E-state index in [0.29, 0.717) is 31.2 Å². The number of nitrogens with zero attached hydrogens (tertiary/aromatic N) is 1. The zero-order valence-corrected chi connectivity index (χ0v) is 20.5. The van der Waals surface area contributed by atoms with Crippen LogP contribution in [0.25, 0.3) is 0 Å². The van der Waals surface area contributed by atoms with Gasteiger partial charge in [0.1, 0.15) is 11.7 Å². The largest absolute Gasteiger partial charge is 0.426 e. The van der Waals surface area contributed by atoms with Crippen LogP contribution >= 0.6 is 0 Å². The molecule has 0 spiro atoms. The van der Waals surface area contributed by atoms with Crippen LogP contribution in [0.4, 0.5) is 0 Å². The maximum atomic E-state index is 12.8. The molecule has 0 aromatic heterocycles. The maximum absolute atomic E-state index is 12.8. The van der Waals surface area contributed by atoms with E-state index in [1.165, 1.54) is 11.1 Å². The number of carbonyl (C=O) groups is 3. The molecule has 0 saturated carbocycles. The molecule has 4 rings (SSSR count). The summed E-state index contributed by atoms with van der Waals surface area (Å²) < 4.78 is 5.51. The molecular weight excluding hydrogens is 442 g/mol. The minimum atomic E-state index is -0.862. The summed E-state index contributed by atoms with van der Waals surface area (Å²) >= 11 is 0.